The zero-order valence-electron chi connectivity index (χ0n) is 10.5. The standard InChI is InChI=1S/C13H10Br2FNO3S/c14-9-2-4-12(11(15)5-9)17-21(19,20)13-6-10(16)3-1-8(13)7-18/h1-6,17-18H,7H2. The number of anilines is 1. The molecule has 8 heteroatoms. The van der Waals surface area contributed by atoms with E-state index in [1.54, 1.807) is 18.2 Å². The van der Waals surface area contributed by atoms with Crippen LogP contribution in [0, 0.1) is 5.82 Å². The summed E-state index contributed by atoms with van der Waals surface area (Å²) < 4.78 is 41.7. The van der Waals surface area contributed by atoms with E-state index in [9.17, 15) is 17.9 Å². The number of nitrogens with one attached hydrogen (secondary N) is 1. The molecule has 0 radical (unpaired) electrons. The maximum atomic E-state index is 13.3. The molecule has 2 N–H and O–H groups in total. The van der Waals surface area contributed by atoms with Crippen molar-refractivity contribution >= 4 is 47.6 Å². The zero-order valence-corrected chi connectivity index (χ0v) is 14.5. The summed E-state index contributed by atoms with van der Waals surface area (Å²) in [5, 5.41) is 9.20. The lowest BCUT2D eigenvalue weighted by Crippen LogP contribution is -2.15. The quantitative estimate of drug-likeness (QED) is 0.765. The summed E-state index contributed by atoms with van der Waals surface area (Å²) in [5.74, 6) is -0.692. The average molecular weight is 439 g/mol. The van der Waals surface area contributed by atoms with Crippen molar-refractivity contribution in [3.05, 3.63) is 56.7 Å². The van der Waals surface area contributed by atoms with Gasteiger partial charge in [-0.05, 0) is 51.8 Å². The summed E-state index contributed by atoms with van der Waals surface area (Å²) in [5.41, 5.74) is 0.434. The van der Waals surface area contributed by atoms with E-state index in [4.69, 9.17) is 0 Å². The lowest BCUT2D eigenvalue weighted by atomic mass is 10.2. The Morgan fingerprint density at radius 1 is 1.14 bits per heavy atom. The molecule has 0 amide bonds. The second-order valence-corrected chi connectivity index (χ2v) is 7.56. The molecule has 0 unspecified atom stereocenters. The van der Waals surface area contributed by atoms with Crippen molar-refractivity contribution in [2.75, 3.05) is 4.72 Å². The molecular weight excluding hydrogens is 429 g/mol. The van der Waals surface area contributed by atoms with Crippen molar-refractivity contribution in [1.82, 2.24) is 0 Å². The Kier molecular flexibility index (Phi) is 5.03. The van der Waals surface area contributed by atoms with Crippen LogP contribution in [-0.2, 0) is 16.6 Å². The first-order valence-corrected chi connectivity index (χ1v) is 8.77. The van der Waals surface area contributed by atoms with E-state index >= 15 is 0 Å². The largest absolute Gasteiger partial charge is 0.392 e. The summed E-state index contributed by atoms with van der Waals surface area (Å²) in [6.07, 6.45) is 0. The van der Waals surface area contributed by atoms with E-state index in [1.807, 2.05) is 0 Å². The highest BCUT2D eigenvalue weighted by Crippen LogP contribution is 2.29. The molecule has 0 saturated heterocycles. The monoisotopic (exact) mass is 437 g/mol. The number of aliphatic hydroxyl groups excluding tert-OH is 1. The van der Waals surface area contributed by atoms with Crippen LogP contribution in [0.4, 0.5) is 10.1 Å². The second kappa shape index (κ2) is 6.43. The SMILES string of the molecule is O=S(=O)(Nc1ccc(Br)cc1Br)c1cc(F)ccc1CO. The van der Waals surface area contributed by atoms with Crippen LogP contribution in [0.2, 0.25) is 0 Å². The van der Waals surface area contributed by atoms with E-state index in [0.29, 0.717) is 10.2 Å². The van der Waals surface area contributed by atoms with Gasteiger partial charge in [0.25, 0.3) is 10.0 Å². The third kappa shape index (κ3) is 3.82. The topological polar surface area (TPSA) is 66.4 Å². The summed E-state index contributed by atoms with van der Waals surface area (Å²) in [7, 11) is -4.01. The highest BCUT2D eigenvalue weighted by molar-refractivity contribution is 9.11. The normalized spacial score (nSPS) is 11.4. The maximum Gasteiger partial charge on any atom is 0.262 e. The number of hydrogen-bond acceptors (Lipinski definition) is 3. The van der Waals surface area contributed by atoms with Gasteiger partial charge in [0.15, 0.2) is 0 Å². The van der Waals surface area contributed by atoms with Crippen LogP contribution in [-0.4, -0.2) is 13.5 Å². The number of halogens is 3. The molecule has 0 heterocycles. The van der Waals surface area contributed by atoms with Crippen LogP contribution < -0.4 is 4.72 Å². The minimum atomic E-state index is -4.01. The van der Waals surface area contributed by atoms with Crippen molar-refractivity contribution < 1.29 is 17.9 Å². The molecule has 0 saturated carbocycles. The lowest BCUT2D eigenvalue weighted by molar-refractivity contribution is 0.278. The maximum absolute atomic E-state index is 13.3. The fourth-order valence-electron chi connectivity index (χ4n) is 1.68. The third-order valence-corrected chi connectivity index (χ3v) is 5.26. The molecule has 0 aliphatic carbocycles. The molecule has 2 aromatic rings. The van der Waals surface area contributed by atoms with Crippen molar-refractivity contribution in [3.8, 4) is 0 Å². The molecule has 4 nitrogen and oxygen atoms in total. The summed E-state index contributed by atoms with van der Waals surface area (Å²) in [6.45, 7) is -0.502. The Balaban J connectivity index is 2.45. The summed E-state index contributed by atoms with van der Waals surface area (Å²) >= 11 is 6.51. The molecule has 0 aliphatic rings. The van der Waals surface area contributed by atoms with Gasteiger partial charge < -0.3 is 5.11 Å². The Hall–Kier alpha value is -0.960. The third-order valence-electron chi connectivity index (χ3n) is 2.66. The Bertz CT molecular complexity index is 781. The van der Waals surface area contributed by atoms with Gasteiger partial charge in [0.05, 0.1) is 17.2 Å². The lowest BCUT2D eigenvalue weighted by Gasteiger charge is -2.12. The molecular formula is C13H10Br2FNO3S. The number of sulfonamides is 1. The van der Waals surface area contributed by atoms with Crippen molar-refractivity contribution in [2.24, 2.45) is 0 Å². The van der Waals surface area contributed by atoms with Gasteiger partial charge >= 0.3 is 0 Å². The molecule has 2 rings (SSSR count). The first-order chi connectivity index (χ1) is 9.83. The first kappa shape index (κ1) is 16.4. The van der Waals surface area contributed by atoms with E-state index in [0.717, 1.165) is 16.6 Å². The van der Waals surface area contributed by atoms with E-state index in [-0.39, 0.29) is 10.5 Å². The van der Waals surface area contributed by atoms with E-state index < -0.39 is 22.4 Å². The van der Waals surface area contributed by atoms with Gasteiger partial charge in [-0.15, -0.1) is 0 Å². The van der Waals surface area contributed by atoms with Gasteiger partial charge in [-0.25, -0.2) is 12.8 Å². The number of benzene rings is 2. The predicted octanol–water partition coefficient (Wildman–Crippen LogP) is 3.64. The molecule has 0 aliphatic heterocycles. The Morgan fingerprint density at radius 3 is 2.48 bits per heavy atom. The fourth-order valence-corrected chi connectivity index (χ4v) is 4.28. The predicted molar refractivity (Wildman–Crippen MR) is 85.0 cm³/mol. The smallest absolute Gasteiger partial charge is 0.262 e. The first-order valence-electron chi connectivity index (χ1n) is 5.70. The molecule has 0 atom stereocenters. The number of rotatable bonds is 4. The van der Waals surface area contributed by atoms with E-state index in [2.05, 4.69) is 36.6 Å². The van der Waals surface area contributed by atoms with Crippen LogP contribution in [0.15, 0.2) is 50.2 Å². The van der Waals surface area contributed by atoms with Gasteiger partial charge in [0.2, 0.25) is 0 Å². The molecule has 0 spiro atoms. The van der Waals surface area contributed by atoms with E-state index in [1.165, 1.54) is 6.07 Å². The molecule has 0 aromatic heterocycles. The molecule has 2 aromatic carbocycles. The Morgan fingerprint density at radius 2 is 1.86 bits per heavy atom. The van der Waals surface area contributed by atoms with Gasteiger partial charge in [0.1, 0.15) is 5.82 Å². The molecule has 0 bridgehead atoms. The average Bonchev–Trinajstić information content (AvgIpc) is 2.42. The van der Waals surface area contributed by atoms with Crippen molar-refractivity contribution in [2.45, 2.75) is 11.5 Å². The summed E-state index contributed by atoms with van der Waals surface area (Å²) in [6, 6.07) is 8.11. The number of aliphatic hydroxyl groups is 1. The number of hydrogen-bond donors (Lipinski definition) is 2. The van der Waals surface area contributed by atoms with Gasteiger partial charge in [-0.1, -0.05) is 22.0 Å². The van der Waals surface area contributed by atoms with Crippen LogP contribution in [0.5, 0.6) is 0 Å². The molecule has 0 fully saturated rings. The fraction of sp³-hybridized carbons (Fsp3) is 0.0769. The second-order valence-electron chi connectivity index (χ2n) is 4.14. The molecule has 112 valence electrons. The minimum absolute atomic E-state index is 0.122. The minimum Gasteiger partial charge on any atom is -0.392 e. The van der Waals surface area contributed by atoms with Crippen LogP contribution in [0.1, 0.15) is 5.56 Å². The summed E-state index contributed by atoms with van der Waals surface area (Å²) in [4.78, 5) is -0.292. The Labute approximate surface area is 138 Å². The van der Waals surface area contributed by atoms with Crippen molar-refractivity contribution in [3.63, 3.8) is 0 Å². The molecule has 21 heavy (non-hydrogen) atoms. The van der Waals surface area contributed by atoms with Crippen LogP contribution in [0.25, 0.3) is 0 Å². The van der Waals surface area contributed by atoms with Gasteiger partial charge in [0, 0.05) is 8.95 Å². The highest BCUT2D eigenvalue weighted by atomic mass is 79.9. The van der Waals surface area contributed by atoms with Crippen molar-refractivity contribution in [1.29, 1.82) is 0 Å². The van der Waals surface area contributed by atoms with Crippen LogP contribution in [0.3, 0.4) is 0 Å². The highest BCUT2D eigenvalue weighted by Gasteiger charge is 2.20. The van der Waals surface area contributed by atoms with Gasteiger partial charge in [-0.3, -0.25) is 4.72 Å². The van der Waals surface area contributed by atoms with Gasteiger partial charge in [-0.2, -0.15) is 0 Å². The zero-order chi connectivity index (χ0) is 15.6. The van der Waals surface area contributed by atoms with Crippen LogP contribution >= 0.6 is 31.9 Å².